The van der Waals surface area contributed by atoms with Crippen molar-refractivity contribution in [1.82, 2.24) is 5.32 Å². The molecule has 0 unspecified atom stereocenters. The number of carbonyl (C=O) groups is 1. The number of hydrogen-bond acceptors (Lipinski definition) is 4. The molecule has 0 spiro atoms. The zero-order valence-electron chi connectivity index (χ0n) is 10.1. The standard InChI is InChI=1S/C12H17ClN2O3/c1-2-12(6-16,7-17)15-11(18)8-3-4-10(14)9(13)5-8/h3-5,16-17H,2,6-7,14H2,1H3,(H,15,18). The maximum absolute atomic E-state index is 12.0. The second kappa shape index (κ2) is 6.04. The van der Waals surface area contributed by atoms with E-state index in [1.165, 1.54) is 18.2 Å². The van der Waals surface area contributed by atoms with Gasteiger partial charge in [-0.05, 0) is 24.6 Å². The third-order valence-electron chi connectivity index (χ3n) is 2.92. The number of benzene rings is 1. The molecule has 0 radical (unpaired) electrons. The minimum Gasteiger partial charge on any atom is -0.398 e. The Bertz CT molecular complexity index is 425. The van der Waals surface area contributed by atoms with Gasteiger partial charge in [0.05, 0.1) is 29.5 Å². The summed E-state index contributed by atoms with van der Waals surface area (Å²) in [6, 6.07) is 4.51. The first-order chi connectivity index (χ1) is 8.48. The summed E-state index contributed by atoms with van der Waals surface area (Å²) in [5, 5.41) is 21.4. The number of nitrogens with two attached hydrogens (primary N) is 1. The van der Waals surface area contributed by atoms with E-state index in [0.29, 0.717) is 17.7 Å². The topological polar surface area (TPSA) is 95.6 Å². The van der Waals surface area contributed by atoms with Crippen molar-refractivity contribution < 1.29 is 15.0 Å². The predicted octanol–water partition coefficient (Wildman–Crippen LogP) is 0.785. The third kappa shape index (κ3) is 3.13. The molecule has 18 heavy (non-hydrogen) atoms. The van der Waals surface area contributed by atoms with E-state index in [2.05, 4.69) is 5.32 Å². The number of nitrogen functional groups attached to an aromatic ring is 1. The van der Waals surface area contributed by atoms with Crippen molar-refractivity contribution in [3.8, 4) is 0 Å². The summed E-state index contributed by atoms with van der Waals surface area (Å²) < 4.78 is 0. The highest BCUT2D eigenvalue weighted by Crippen LogP contribution is 2.20. The van der Waals surface area contributed by atoms with Gasteiger partial charge in [-0.25, -0.2) is 0 Å². The highest BCUT2D eigenvalue weighted by atomic mass is 35.5. The van der Waals surface area contributed by atoms with Gasteiger partial charge in [-0.1, -0.05) is 18.5 Å². The lowest BCUT2D eigenvalue weighted by Gasteiger charge is -2.29. The number of anilines is 1. The Kier molecular flexibility index (Phi) is 4.95. The highest BCUT2D eigenvalue weighted by Gasteiger charge is 2.28. The summed E-state index contributed by atoms with van der Waals surface area (Å²) in [6.07, 6.45) is 0.411. The first-order valence-corrected chi connectivity index (χ1v) is 5.95. The van der Waals surface area contributed by atoms with Crippen LogP contribution in [0.5, 0.6) is 0 Å². The van der Waals surface area contributed by atoms with E-state index < -0.39 is 11.4 Å². The minimum atomic E-state index is -1.02. The maximum atomic E-state index is 12.0. The molecule has 0 heterocycles. The normalized spacial score (nSPS) is 11.3. The zero-order chi connectivity index (χ0) is 13.8. The van der Waals surface area contributed by atoms with Crippen molar-refractivity contribution in [3.63, 3.8) is 0 Å². The molecule has 5 nitrogen and oxygen atoms in total. The Hall–Kier alpha value is -1.30. The van der Waals surface area contributed by atoms with Gasteiger partial charge in [0, 0.05) is 5.56 Å². The molecule has 1 aromatic rings. The van der Waals surface area contributed by atoms with E-state index in [9.17, 15) is 15.0 Å². The highest BCUT2D eigenvalue weighted by molar-refractivity contribution is 6.33. The molecule has 1 amide bonds. The fourth-order valence-corrected chi connectivity index (χ4v) is 1.60. The molecule has 1 aromatic carbocycles. The van der Waals surface area contributed by atoms with Crippen molar-refractivity contribution in [1.29, 1.82) is 0 Å². The van der Waals surface area contributed by atoms with Crippen molar-refractivity contribution in [3.05, 3.63) is 28.8 Å². The van der Waals surface area contributed by atoms with Crippen LogP contribution in [-0.2, 0) is 0 Å². The van der Waals surface area contributed by atoms with Crippen molar-refractivity contribution in [2.45, 2.75) is 18.9 Å². The number of carbonyl (C=O) groups excluding carboxylic acids is 1. The summed E-state index contributed by atoms with van der Waals surface area (Å²) in [7, 11) is 0. The largest absolute Gasteiger partial charge is 0.398 e. The van der Waals surface area contributed by atoms with Gasteiger partial charge in [-0.15, -0.1) is 0 Å². The molecule has 0 aliphatic heterocycles. The number of halogens is 1. The van der Waals surface area contributed by atoms with Gasteiger partial charge in [0.1, 0.15) is 0 Å². The second-order valence-corrected chi connectivity index (χ2v) is 4.55. The Morgan fingerprint density at radius 2 is 2.06 bits per heavy atom. The molecule has 1 rings (SSSR count). The number of aliphatic hydroxyl groups excluding tert-OH is 2. The van der Waals surface area contributed by atoms with Crippen molar-refractivity contribution in [2.75, 3.05) is 18.9 Å². The third-order valence-corrected chi connectivity index (χ3v) is 3.25. The van der Waals surface area contributed by atoms with Crippen LogP contribution in [0.4, 0.5) is 5.69 Å². The number of nitrogens with one attached hydrogen (secondary N) is 1. The maximum Gasteiger partial charge on any atom is 0.251 e. The summed E-state index contributed by atoms with van der Waals surface area (Å²) in [5.74, 6) is -0.415. The van der Waals surface area contributed by atoms with E-state index in [1.807, 2.05) is 0 Å². The van der Waals surface area contributed by atoms with E-state index in [-0.39, 0.29) is 18.2 Å². The first kappa shape index (κ1) is 14.8. The summed E-state index contributed by atoms with van der Waals surface area (Å²) in [6.45, 7) is 1.09. The predicted molar refractivity (Wildman–Crippen MR) is 70.5 cm³/mol. The van der Waals surface area contributed by atoms with Gasteiger partial charge >= 0.3 is 0 Å². The molecule has 0 aromatic heterocycles. The van der Waals surface area contributed by atoms with E-state index >= 15 is 0 Å². The molecule has 6 heteroatoms. The van der Waals surface area contributed by atoms with Crippen LogP contribution >= 0.6 is 11.6 Å². The lowest BCUT2D eigenvalue weighted by Crippen LogP contribution is -2.53. The summed E-state index contributed by atoms with van der Waals surface area (Å²) in [5.41, 5.74) is 5.24. The van der Waals surface area contributed by atoms with Gasteiger partial charge in [0.25, 0.3) is 5.91 Å². The second-order valence-electron chi connectivity index (χ2n) is 4.14. The molecule has 0 aliphatic carbocycles. The molecule has 100 valence electrons. The Labute approximate surface area is 111 Å². The van der Waals surface area contributed by atoms with Gasteiger partial charge in [0.15, 0.2) is 0 Å². The zero-order valence-corrected chi connectivity index (χ0v) is 10.9. The average molecular weight is 273 g/mol. The number of aliphatic hydroxyl groups is 2. The molecule has 0 fully saturated rings. The van der Waals surface area contributed by atoms with Crippen LogP contribution in [0.2, 0.25) is 5.02 Å². The fourth-order valence-electron chi connectivity index (χ4n) is 1.42. The van der Waals surface area contributed by atoms with Gasteiger partial charge in [-0.2, -0.15) is 0 Å². The molecule has 5 N–H and O–H groups in total. The van der Waals surface area contributed by atoms with Crippen LogP contribution in [-0.4, -0.2) is 34.9 Å². The first-order valence-electron chi connectivity index (χ1n) is 5.57. The molecule has 0 aliphatic rings. The lowest BCUT2D eigenvalue weighted by molar-refractivity contribution is 0.0653. The quantitative estimate of drug-likeness (QED) is 0.596. The monoisotopic (exact) mass is 272 g/mol. The Balaban J connectivity index is 2.90. The van der Waals surface area contributed by atoms with Crippen LogP contribution in [0.1, 0.15) is 23.7 Å². The molecule has 0 bridgehead atoms. The van der Waals surface area contributed by atoms with Crippen molar-refractivity contribution in [2.24, 2.45) is 0 Å². The molecule has 0 saturated heterocycles. The molecular formula is C12H17ClN2O3. The van der Waals surface area contributed by atoms with Gasteiger partial charge in [0.2, 0.25) is 0 Å². The lowest BCUT2D eigenvalue weighted by atomic mass is 9.98. The number of hydrogen-bond donors (Lipinski definition) is 4. The number of rotatable bonds is 5. The summed E-state index contributed by atoms with van der Waals surface area (Å²) >= 11 is 5.83. The molecular weight excluding hydrogens is 256 g/mol. The Morgan fingerprint density at radius 1 is 1.44 bits per heavy atom. The number of amides is 1. The van der Waals surface area contributed by atoms with Gasteiger partial charge < -0.3 is 21.3 Å². The SMILES string of the molecule is CCC(CO)(CO)NC(=O)c1ccc(N)c(Cl)c1. The van der Waals surface area contributed by atoms with Crippen LogP contribution in [0.25, 0.3) is 0 Å². The smallest absolute Gasteiger partial charge is 0.251 e. The molecule has 0 saturated carbocycles. The summed E-state index contributed by atoms with van der Waals surface area (Å²) in [4.78, 5) is 12.0. The minimum absolute atomic E-state index is 0.290. The van der Waals surface area contributed by atoms with Crippen LogP contribution in [0.15, 0.2) is 18.2 Å². The van der Waals surface area contributed by atoms with Crippen molar-refractivity contribution >= 4 is 23.2 Å². The fraction of sp³-hybridized carbons (Fsp3) is 0.417. The van der Waals surface area contributed by atoms with Crippen LogP contribution in [0.3, 0.4) is 0 Å². The van der Waals surface area contributed by atoms with Crippen LogP contribution < -0.4 is 11.1 Å². The van der Waals surface area contributed by atoms with E-state index in [0.717, 1.165) is 0 Å². The Morgan fingerprint density at radius 3 is 2.50 bits per heavy atom. The van der Waals surface area contributed by atoms with E-state index in [1.54, 1.807) is 6.92 Å². The van der Waals surface area contributed by atoms with Crippen LogP contribution in [0, 0.1) is 0 Å². The average Bonchev–Trinajstić information content (AvgIpc) is 2.39. The van der Waals surface area contributed by atoms with E-state index in [4.69, 9.17) is 17.3 Å². The molecule has 0 atom stereocenters. The van der Waals surface area contributed by atoms with Gasteiger partial charge in [-0.3, -0.25) is 4.79 Å².